The maximum atomic E-state index is 12.8. The number of hydrogen-bond acceptors (Lipinski definition) is 8. The smallest absolute Gasteiger partial charge is 0.269 e. The molecule has 3 aromatic rings. The number of nitrogens with one attached hydrogen (secondary N) is 2. The van der Waals surface area contributed by atoms with E-state index in [1.165, 1.54) is 36.4 Å². The molecule has 0 spiro atoms. The molecule has 184 valence electrons. The highest BCUT2D eigenvalue weighted by Crippen LogP contribution is 2.34. The molecule has 0 saturated heterocycles. The minimum absolute atomic E-state index is 0.00972. The Morgan fingerprint density at radius 3 is 1.72 bits per heavy atom. The van der Waals surface area contributed by atoms with E-state index in [1.54, 1.807) is 6.92 Å². The third kappa shape index (κ3) is 5.77. The second-order valence-corrected chi connectivity index (χ2v) is 7.21. The van der Waals surface area contributed by atoms with Crippen LogP contribution in [0.15, 0.2) is 60.7 Å². The van der Waals surface area contributed by atoms with Crippen LogP contribution in [-0.2, 0) is 0 Å². The van der Waals surface area contributed by atoms with Crippen LogP contribution >= 0.6 is 0 Å². The fourth-order valence-electron chi connectivity index (χ4n) is 3.14. The average Bonchev–Trinajstić information content (AvgIpc) is 2.85. The van der Waals surface area contributed by atoms with Crippen molar-refractivity contribution in [3.8, 4) is 5.75 Å². The van der Waals surface area contributed by atoms with E-state index >= 15 is 0 Å². The van der Waals surface area contributed by atoms with Crippen molar-refractivity contribution in [1.82, 2.24) is 0 Å². The quantitative estimate of drug-likeness (QED) is 0.297. The predicted molar refractivity (Wildman–Crippen MR) is 128 cm³/mol. The monoisotopic (exact) mass is 493 g/mol. The lowest BCUT2D eigenvalue weighted by Crippen LogP contribution is -2.19. The number of anilines is 2. The summed E-state index contributed by atoms with van der Waals surface area (Å²) in [6.45, 7) is 1.77. The third-order valence-electron chi connectivity index (χ3n) is 4.83. The van der Waals surface area contributed by atoms with Crippen molar-refractivity contribution in [2.75, 3.05) is 17.2 Å². The highest BCUT2D eigenvalue weighted by Gasteiger charge is 2.20. The molecule has 0 aliphatic rings. The summed E-state index contributed by atoms with van der Waals surface area (Å²) < 4.78 is 5.52. The molecule has 0 fully saturated rings. The first-order valence-corrected chi connectivity index (χ1v) is 10.3. The molecule has 3 aromatic carbocycles. The Morgan fingerprint density at radius 1 is 0.833 bits per heavy atom. The molecular formula is C23H19N5O8. The first kappa shape index (κ1) is 25.3. The summed E-state index contributed by atoms with van der Waals surface area (Å²) in [5.41, 5.74) is 5.24. The Balaban J connectivity index is 1.95. The number of carbonyl (C=O) groups excluding carboxylic acids is 3. The number of rotatable bonds is 9. The summed E-state index contributed by atoms with van der Waals surface area (Å²) in [4.78, 5) is 58.0. The molecule has 0 bridgehead atoms. The number of amides is 3. The number of non-ortho nitro benzene ring substituents is 2. The summed E-state index contributed by atoms with van der Waals surface area (Å²) in [7, 11) is 0. The first-order chi connectivity index (χ1) is 17.1. The van der Waals surface area contributed by atoms with Crippen molar-refractivity contribution in [3.63, 3.8) is 0 Å². The predicted octanol–water partition coefficient (Wildman–Crippen LogP) is 3.51. The van der Waals surface area contributed by atoms with Crippen LogP contribution in [0.5, 0.6) is 5.75 Å². The van der Waals surface area contributed by atoms with Crippen LogP contribution in [0.2, 0.25) is 0 Å². The molecule has 0 aliphatic heterocycles. The molecule has 0 saturated carbocycles. The van der Waals surface area contributed by atoms with Crippen molar-refractivity contribution in [2.45, 2.75) is 6.92 Å². The molecule has 36 heavy (non-hydrogen) atoms. The second kappa shape index (κ2) is 10.7. The van der Waals surface area contributed by atoms with Gasteiger partial charge in [-0.15, -0.1) is 0 Å². The number of benzene rings is 3. The van der Waals surface area contributed by atoms with Gasteiger partial charge in [-0.05, 0) is 43.3 Å². The molecule has 0 unspecified atom stereocenters. The van der Waals surface area contributed by atoms with E-state index in [0.29, 0.717) is 0 Å². The summed E-state index contributed by atoms with van der Waals surface area (Å²) in [5, 5.41) is 26.8. The minimum Gasteiger partial charge on any atom is -0.491 e. The highest BCUT2D eigenvalue weighted by atomic mass is 16.6. The molecule has 3 amide bonds. The van der Waals surface area contributed by atoms with Crippen molar-refractivity contribution in [3.05, 3.63) is 97.6 Å². The molecular weight excluding hydrogens is 474 g/mol. The van der Waals surface area contributed by atoms with E-state index in [1.807, 2.05) is 0 Å². The van der Waals surface area contributed by atoms with Crippen molar-refractivity contribution < 1.29 is 29.0 Å². The van der Waals surface area contributed by atoms with E-state index in [-0.39, 0.29) is 51.8 Å². The van der Waals surface area contributed by atoms with Gasteiger partial charge in [0.15, 0.2) is 5.75 Å². The first-order valence-electron chi connectivity index (χ1n) is 10.3. The van der Waals surface area contributed by atoms with Crippen LogP contribution in [-0.4, -0.2) is 34.2 Å². The number of ether oxygens (including phenoxy) is 1. The van der Waals surface area contributed by atoms with E-state index < -0.39 is 27.6 Å². The number of nitrogens with two attached hydrogens (primary N) is 1. The Morgan fingerprint density at radius 2 is 1.31 bits per heavy atom. The fourth-order valence-corrected chi connectivity index (χ4v) is 3.14. The molecule has 4 N–H and O–H groups in total. The van der Waals surface area contributed by atoms with Crippen LogP contribution < -0.4 is 21.1 Å². The van der Waals surface area contributed by atoms with Gasteiger partial charge in [0.05, 0.1) is 27.7 Å². The normalized spacial score (nSPS) is 10.2. The Bertz CT molecular complexity index is 1350. The number of primary amides is 1. The van der Waals surface area contributed by atoms with Crippen LogP contribution in [0.25, 0.3) is 0 Å². The van der Waals surface area contributed by atoms with Gasteiger partial charge in [0.1, 0.15) is 0 Å². The summed E-state index contributed by atoms with van der Waals surface area (Å²) >= 11 is 0. The van der Waals surface area contributed by atoms with Gasteiger partial charge in [-0.3, -0.25) is 34.6 Å². The summed E-state index contributed by atoms with van der Waals surface area (Å²) in [6, 6.07) is 12.3. The van der Waals surface area contributed by atoms with Crippen LogP contribution in [0.3, 0.4) is 0 Å². The Hall–Kier alpha value is -5.33. The Labute approximate surface area is 203 Å². The van der Waals surface area contributed by atoms with Gasteiger partial charge in [0, 0.05) is 41.1 Å². The van der Waals surface area contributed by atoms with E-state index in [9.17, 15) is 34.6 Å². The highest BCUT2D eigenvalue weighted by molar-refractivity contribution is 6.09. The van der Waals surface area contributed by atoms with E-state index in [0.717, 1.165) is 24.3 Å². The van der Waals surface area contributed by atoms with Gasteiger partial charge < -0.3 is 21.1 Å². The van der Waals surface area contributed by atoms with Gasteiger partial charge in [-0.2, -0.15) is 0 Å². The number of nitro benzene ring substituents is 2. The van der Waals surface area contributed by atoms with Crippen molar-refractivity contribution in [2.24, 2.45) is 5.73 Å². The molecule has 13 heteroatoms. The van der Waals surface area contributed by atoms with E-state index in [4.69, 9.17) is 10.5 Å². The van der Waals surface area contributed by atoms with Gasteiger partial charge in [-0.25, -0.2) is 0 Å². The van der Waals surface area contributed by atoms with Crippen molar-refractivity contribution >= 4 is 40.5 Å². The maximum Gasteiger partial charge on any atom is 0.269 e. The molecule has 0 aromatic heterocycles. The number of nitro groups is 2. The van der Waals surface area contributed by atoms with Gasteiger partial charge in [-0.1, -0.05) is 0 Å². The maximum absolute atomic E-state index is 12.8. The fraction of sp³-hybridized carbons (Fsp3) is 0.0870. The molecule has 0 heterocycles. The zero-order valence-electron chi connectivity index (χ0n) is 18.7. The molecule has 3 rings (SSSR count). The lowest BCUT2D eigenvalue weighted by molar-refractivity contribution is -0.385. The Kier molecular flexibility index (Phi) is 7.54. The standard InChI is InChI=1S/C23H19N5O8/c1-2-36-20-18(21(24)29)11-15(25-22(30)13-3-7-16(8-4-13)27(32)33)12-19(20)26-23(31)14-5-9-17(10-6-14)28(34)35/h3-12H,2H2,1H3,(H2,24,29)(H,25,30)(H,26,31). The van der Waals surface area contributed by atoms with Gasteiger partial charge in [0.25, 0.3) is 29.1 Å². The van der Waals surface area contributed by atoms with Gasteiger partial charge in [0.2, 0.25) is 0 Å². The summed E-state index contributed by atoms with van der Waals surface area (Å²) in [6.07, 6.45) is 0. The lowest BCUT2D eigenvalue weighted by Gasteiger charge is -2.17. The van der Waals surface area contributed by atoms with Crippen LogP contribution in [0.1, 0.15) is 38.0 Å². The number of hydrogen-bond donors (Lipinski definition) is 3. The third-order valence-corrected chi connectivity index (χ3v) is 4.83. The largest absolute Gasteiger partial charge is 0.491 e. The van der Waals surface area contributed by atoms with Crippen LogP contribution in [0.4, 0.5) is 22.7 Å². The molecule has 0 atom stereocenters. The second-order valence-electron chi connectivity index (χ2n) is 7.21. The van der Waals surface area contributed by atoms with E-state index in [2.05, 4.69) is 10.6 Å². The summed E-state index contributed by atoms with van der Waals surface area (Å²) in [5.74, 6) is -2.23. The van der Waals surface area contributed by atoms with Crippen molar-refractivity contribution in [1.29, 1.82) is 0 Å². The number of nitrogens with zero attached hydrogens (tertiary/aromatic N) is 2. The van der Waals surface area contributed by atoms with Gasteiger partial charge >= 0.3 is 0 Å². The average molecular weight is 493 g/mol. The topological polar surface area (TPSA) is 197 Å². The zero-order valence-corrected chi connectivity index (χ0v) is 18.7. The number of carbonyl (C=O) groups is 3. The molecule has 0 radical (unpaired) electrons. The lowest BCUT2D eigenvalue weighted by atomic mass is 10.1. The minimum atomic E-state index is -0.893. The zero-order chi connectivity index (χ0) is 26.4. The SMILES string of the molecule is CCOc1c(NC(=O)c2ccc([N+](=O)[O-])cc2)cc(NC(=O)c2ccc([N+](=O)[O-])cc2)cc1C(N)=O. The molecule has 0 aliphatic carbocycles. The van der Waals surface area contributed by atoms with Crippen LogP contribution in [0, 0.1) is 20.2 Å². The molecule has 13 nitrogen and oxygen atoms in total.